The molecule has 0 unspecified atom stereocenters. The zero-order valence-corrected chi connectivity index (χ0v) is 12.5. The Morgan fingerprint density at radius 3 is 2.60 bits per heavy atom. The standard InChI is InChI=1S/C14H18ClNO4/c1-4-20-11-6-5-9(15)7-10(11)16-12(17)8-14(2,3)13(18)19/h5-7H,4,8H2,1-3H3,(H,16,17)(H,18,19). The van der Waals surface area contributed by atoms with E-state index in [9.17, 15) is 9.59 Å². The molecule has 2 N–H and O–H groups in total. The minimum absolute atomic E-state index is 0.138. The van der Waals surface area contributed by atoms with Crippen LogP contribution in [0, 0.1) is 5.41 Å². The van der Waals surface area contributed by atoms with Gasteiger partial charge in [0.1, 0.15) is 5.75 Å². The number of hydrogen-bond acceptors (Lipinski definition) is 3. The SMILES string of the molecule is CCOc1ccc(Cl)cc1NC(=O)CC(C)(C)C(=O)O. The highest BCUT2D eigenvalue weighted by atomic mass is 35.5. The molecule has 1 aromatic rings. The van der Waals surface area contributed by atoms with Gasteiger partial charge >= 0.3 is 5.97 Å². The summed E-state index contributed by atoms with van der Waals surface area (Å²) >= 11 is 5.88. The first-order chi connectivity index (χ1) is 9.26. The fraction of sp³-hybridized carbons (Fsp3) is 0.429. The van der Waals surface area contributed by atoms with Gasteiger partial charge in [-0.1, -0.05) is 11.6 Å². The van der Waals surface area contributed by atoms with Crippen LogP contribution in [0.5, 0.6) is 5.75 Å². The van der Waals surface area contributed by atoms with Crippen molar-refractivity contribution in [1.82, 2.24) is 0 Å². The summed E-state index contributed by atoms with van der Waals surface area (Å²) in [6, 6.07) is 4.88. The fourth-order valence-corrected chi connectivity index (χ4v) is 1.72. The lowest BCUT2D eigenvalue weighted by atomic mass is 9.89. The molecule has 0 aromatic heterocycles. The molecule has 0 fully saturated rings. The van der Waals surface area contributed by atoms with E-state index < -0.39 is 17.3 Å². The van der Waals surface area contributed by atoms with Gasteiger partial charge in [0.05, 0.1) is 17.7 Å². The number of carbonyl (C=O) groups is 2. The minimum Gasteiger partial charge on any atom is -0.492 e. The second-order valence-electron chi connectivity index (χ2n) is 4.99. The van der Waals surface area contributed by atoms with Crippen molar-refractivity contribution in [3.63, 3.8) is 0 Å². The van der Waals surface area contributed by atoms with Crippen LogP contribution in [0.3, 0.4) is 0 Å². The average Bonchev–Trinajstić information content (AvgIpc) is 2.31. The lowest BCUT2D eigenvalue weighted by Crippen LogP contribution is -2.29. The van der Waals surface area contributed by atoms with Crippen LogP contribution in [0.4, 0.5) is 5.69 Å². The molecule has 0 saturated carbocycles. The second-order valence-corrected chi connectivity index (χ2v) is 5.42. The van der Waals surface area contributed by atoms with Crippen molar-refractivity contribution in [1.29, 1.82) is 0 Å². The molecule has 1 amide bonds. The topological polar surface area (TPSA) is 75.6 Å². The highest BCUT2D eigenvalue weighted by Crippen LogP contribution is 2.29. The highest BCUT2D eigenvalue weighted by molar-refractivity contribution is 6.31. The van der Waals surface area contributed by atoms with Crippen molar-refractivity contribution < 1.29 is 19.4 Å². The van der Waals surface area contributed by atoms with Crippen LogP contribution in [0.1, 0.15) is 27.2 Å². The fourth-order valence-electron chi connectivity index (χ4n) is 1.55. The van der Waals surface area contributed by atoms with Crippen molar-refractivity contribution in [2.24, 2.45) is 5.41 Å². The van der Waals surface area contributed by atoms with Gasteiger partial charge in [0.2, 0.25) is 5.91 Å². The molecule has 0 aliphatic carbocycles. The molecule has 0 aliphatic rings. The first-order valence-corrected chi connectivity index (χ1v) is 6.59. The Bertz CT molecular complexity index is 514. The van der Waals surface area contributed by atoms with Crippen molar-refractivity contribution in [2.75, 3.05) is 11.9 Å². The van der Waals surface area contributed by atoms with E-state index in [-0.39, 0.29) is 6.42 Å². The molecule has 0 spiro atoms. The quantitative estimate of drug-likeness (QED) is 0.846. The maximum absolute atomic E-state index is 11.9. The number of carboxylic acid groups (broad SMARTS) is 1. The normalized spacial score (nSPS) is 11.0. The zero-order chi connectivity index (χ0) is 15.3. The number of hydrogen-bond donors (Lipinski definition) is 2. The first kappa shape index (κ1) is 16.3. The second kappa shape index (κ2) is 6.61. The Hall–Kier alpha value is -1.75. The number of anilines is 1. The molecular weight excluding hydrogens is 282 g/mol. The molecular formula is C14H18ClNO4. The lowest BCUT2D eigenvalue weighted by Gasteiger charge is -2.19. The monoisotopic (exact) mass is 299 g/mol. The van der Waals surface area contributed by atoms with Crippen LogP contribution in [-0.4, -0.2) is 23.6 Å². The van der Waals surface area contributed by atoms with Gasteiger partial charge in [0.15, 0.2) is 0 Å². The van der Waals surface area contributed by atoms with Crippen LogP contribution in [-0.2, 0) is 9.59 Å². The molecule has 6 heteroatoms. The predicted octanol–water partition coefficient (Wildman–Crippen LogP) is 3.18. The summed E-state index contributed by atoms with van der Waals surface area (Å²) in [5.41, 5.74) is -0.695. The van der Waals surface area contributed by atoms with Gasteiger partial charge in [0, 0.05) is 11.4 Å². The van der Waals surface area contributed by atoms with Gasteiger partial charge in [-0.05, 0) is 39.0 Å². The zero-order valence-electron chi connectivity index (χ0n) is 11.7. The molecule has 0 saturated heterocycles. The van der Waals surface area contributed by atoms with Crippen LogP contribution >= 0.6 is 11.6 Å². The molecule has 0 atom stereocenters. The maximum Gasteiger partial charge on any atom is 0.309 e. The Morgan fingerprint density at radius 1 is 1.40 bits per heavy atom. The van der Waals surface area contributed by atoms with Crippen LogP contribution in [0.15, 0.2) is 18.2 Å². The van der Waals surface area contributed by atoms with Crippen LogP contribution in [0.2, 0.25) is 5.02 Å². The lowest BCUT2D eigenvalue weighted by molar-refractivity contribution is -0.148. The van der Waals surface area contributed by atoms with E-state index in [0.717, 1.165) is 0 Å². The highest BCUT2D eigenvalue weighted by Gasteiger charge is 2.30. The third kappa shape index (κ3) is 4.42. The maximum atomic E-state index is 11.9. The van der Waals surface area contributed by atoms with E-state index >= 15 is 0 Å². The molecule has 0 aliphatic heterocycles. The van der Waals surface area contributed by atoms with Gasteiger partial charge in [-0.2, -0.15) is 0 Å². The van der Waals surface area contributed by atoms with Crippen molar-refractivity contribution >= 4 is 29.2 Å². The van der Waals surface area contributed by atoms with Gasteiger partial charge in [0.25, 0.3) is 0 Å². The Labute approximate surface area is 122 Å². The van der Waals surface area contributed by atoms with Gasteiger partial charge in [-0.3, -0.25) is 9.59 Å². The Kier molecular flexibility index (Phi) is 5.39. The number of carboxylic acids is 1. The van der Waals surface area contributed by atoms with Crippen LogP contribution < -0.4 is 10.1 Å². The first-order valence-electron chi connectivity index (χ1n) is 6.22. The third-order valence-corrected chi connectivity index (χ3v) is 2.93. The Balaban J connectivity index is 2.85. The molecule has 5 nitrogen and oxygen atoms in total. The van der Waals surface area contributed by atoms with E-state index in [0.29, 0.717) is 23.1 Å². The molecule has 110 valence electrons. The number of aliphatic carboxylic acids is 1. The number of benzene rings is 1. The number of nitrogens with one attached hydrogen (secondary N) is 1. The molecule has 0 heterocycles. The molecule has 0 bridgehead atoms. The summed E-state index contributed by atoms with van der Waals surface area (Å²) in [6.45, 7) is 5.27. The summed E-state index contributed by atoms with van der Waals surface area (Å²) < 4.78 is 5.38. The van der Waals surface area contributed by atoms with E-state index in [1.54, 1.807) is 18.2 Å². The summed E-state index contributed by atoms with van der Waals surface area (Å²) in [7, 11) is 0. The largest absolute Gasteiger partial charge is 0.492 e. The molecule has 1 aromatic carbocycles. The van der Waals surface area contributed by atoms with E-state index in [1.807, 2.05) is 6.92 Å². The Morgan fingerprint density at radius 2 is 2.05 bits per heavy atom. The van der Waals surface area contributed by atoms with Crippen molar-refractivity contribution in [3.05, 3.63) is 23.2 Å². The van der Waals surface area contributed by atoms with E-state index in [1.165, 1.54) is 13.8 Å². The number of ether oxygens (including phenoxy) is 1. The van der Waals surface area contributed by atoms with Gasteiger partial charge in [-0.15, -0.1) is 0 Å². The number of rotatable bonds is 6. The van der Waals surface area contributed by atoms with Crippen molar-refractivity contribution in [3.8, 4) is 5.75 Å². The van der Waals surface area contributed by atoms with E-state index in [2.05, 4.69) is 5.32 Å². The molecule has 1 rings (SSSR count). The van der Waals surface area contributed by atoms with Gasteiger partial charge in [-0.25, -0.2) is 0 Å². The third-order valence-electron chi connectivity index (χ3n) is 2.70. The number of halogens is 1. The smallest absolute Gasteiger partial charge is 0.309 e. The molecule has 20 heavy (non-hydrogen) atoms. The van der Waals surface area contributed by atoms with E-state index in [4.69, 9.17) is 21.4 Å². The summed E-state index contributed by atoms with van der Waals surface area (Å²) in [5, 5.41) is 12.1. The summed E-state index contributed by atoms with van der Waals surface area (Å²) in [4.78, 5) is 22.9. The molecule has 0 radical (unpaired) electrons. The predicted molar refractivity (Wildman–Crippen MR) is 77.3 cm³/mol. The average molecular weight is 300 g/mol. The van der Waals surface area contributed by atoms with Crippen LogP contribution in [0.25, 0.3) is 0 Å². The van der Waals surface area contributed by atoms with Gasteiger partial charge < -0.3 is 15.2 Å². The summed E-state index contributed by atoms with van der Waals surface area (Å²) in [6.07, 6.45) is -0.138. The van der Waals surface area contributed by atoms with Crippen molar-refractivity contribution in [2.45, 2.75) is 27.2 Å². The minimum atomic E-state index is -1.13. The summed E-state index contributed by atoms with van der Waals surface area (Å²) in [5.74, 6) is -0.928. The number of carbonyl (C=O) groups excluding carboxylic acids is 1. The number of amides is 1.